The summed E-state index contributed by atoms with van der Waals surface area (Å²) in [5.41, 5.74) is -0.264. The maximum atomic E-state index is 9.70. The Kier molecular flexibility index (Phi) is 5.10. The zero-order chi connectivity index (χ0) is 4.62. The number of nitrogens with one attached hydrogen (secondary N) is 1. The summed E-state index contributed by atoms with van der Waals surface area (Å²) in [6.45, 7) is 2.62. The smallest absolute Gasteiger partial charge is 0.870 e. The van der Waals surface area contributed by atoms with E-state index in [1.807, 2.05) is 13.2 Å². The van der Waals surface area contributed by atoms with E-state index in [9.17, 15) is 4.79 Å². The van der Waals surface area contributed by atoms with Crippen molar-refractivity contribution in [1.29, 1.82) is 0 Å². The minimum atomic E-state index is -0.264. The molecule has 0 aromatic rings. The Bertz CT molecular complexity index is 82.1. The molecule has 0 saturated carbocycles. The molecule has 8 heavy (non-hydrogen) atoms. The van der Waals surface area contributed by atoms with Crippen LogP contribution in [0.15, 0.2) is 0 Å². The molecule has 0 aliphatic carbocycles. The van der Waals surface area contributed by atoms with Crippen LogP contribution in [0.1, 0.15) is 6.92 Å². The van der Waals surface area contributed by atoms with Crippen molar-refractivity contribution < 1.29 is 39.8 Å². The fraction of sp³-hybridized carbons (Fsp3) is 0.750. The van der Waals surface area contributed by atoms with Crippen LogP contribution in [0.25, 0.3) is 0 Å². The Labute approximate surface area is 70.4 Å². The van der Waals surface area contributed by atoms with Crippen molar-refractivity contribution in [2.24, 2.45) is 0 Å². The van der Waals surface area contributed by atoms with Gasteiger partial charge in [0, 0.05) is 0 Å². The fourth-order valence-electron chi connectivity index (χ4n) is 0.205. The molecule has 1 aliphatic heterocycles. The Hall–Kier alpha value is 0.590. The maximum Gasteiger partial charge on any atom is 1.00 e. The van der Waals surface area contributed by atoms with Crippen molar-refractivity contribution in [3.05, 3.63) is 0 Å². The summed E-state index contributed by atoms with van der Waals surface area (Å²) in [5, 5.41) is 2.84. The van der Waals surface area contributed by atoms with Crippen LogP contribution >= 0.6 is 0 Å². The van der Waals surface area contributed by atoms with Gasteiger partial charge in [0.25, 0.3) is 0 Å². The standard InChI is InChI=1S/C4H6NO.Na.H2O/c1-4(3-6)2-5-4;;/h5H,2H2,1H3;;1H2/q-1;+1;/p-1/t4-;;/m1../s1. The van der Waals surface area contributed by atoms with Crippen molar-refractivity contribution in [2.75, 3.05) is 6.54 Å². The van der Waals surface area contributed by atoms with Crippen LogP contribution in [-0.4, -0.2) is 23.8 Å². The number of carbonyl (C=O) groups excluding carboxylic acids is 1. The molecule has 0 spiro atoms. The van der Waals surface area contributed by atoms with Crippen molar-refractivity contribution in [3.63, 3.8) is 0 Å². The SMILES string of the molecule is C[C@]1([C-]=O)CN1.[Na+].[OH-]. The maximum absolute atomic E-state index is 9.70. The second kappa shape index (κ2) is 3.58. The summed E-state index contributed by atoms with van der Waals surface area (Å²) in [5.74, 6) is 0. The van der Waals surface area contributed by atoms with Crippen molar-refractivity contribution >= 4 is 6.29 Å². The van der Waals surface area contributed by atoms with E-state index in [1.165, 1.54) is 0 Å². The predicted molar refractivity (Wildman–Crippen MR) is 24.0 cm³/mol. The van der Waals surface area contributed by atoms with Gasteiger partial charge in [-0.25, -0.2) is 6.29 Å². The number of rotatable bonds is 1. The van der Waals surface area contributed by atoms with E-state index < -0.39 is 0 Å². The fourth-order valence-corrected chi connectivity index (χ4v) is 0.205. The zero-order valence-corrected chi connectivity index (χ0v) is 7.06. The third-order valence-electron chi connectivity index (χ3n) is 0.932. The molecule has 3 nitrogen and oxygen atoms in total. The van der Waals surface area contributed by atoms with Gasteiger partial charge < -0.3 is 15.6 Å². The van der Waals surface area contributed by atoms with E-state index in [0.29, 0.717) is 0 Å². The van der Waals surface area contributed by atoms with E-state index in [-0.39, 0.29) is 40.6 Å². The Balaban J connectivity index is 0. The summed E-state index contributed by atoms with van der Waals surface area (Å²) in [6.07, 6.45) is 1.85. The van der Waals surface area contributed by atoms with E-state index >= 15 is 0 Å². The second-order valence-corrected chi connectivity index (χ2v) is 1.79. The third-order valence-corrected chi connectivity index (χ3v) is 0.932. The predicted octanol–water partition coefficient (Wildman–Crippen LogP) is -3.71. The van der Waals surface area contributed by atoms with Gasteiger partial charge in [-0.05, 0) is 6.54 Å². The van der Waals surface area contributed by atoms with Crippen LogP contribution in [0.4, 0.5) is 0 Å². The summed E-state index contributed by atoms with van der Waals surface area (Å²) >= 11 is 0. The average molecular weight is 124 g/mol. The average Bonchev–Trinajstić information content (AvgIpc) is 2.22. The number of hydrogen-bond acceptors (Lipinski definition) is 3. The summed E-state index contributed by atoms with van der Waals surface area (Å²) in [7, 11) is 0. The first kappa shape index (κ1) is 11.4. The molecule has 2 N–H and O–H groups in total. The molecule has 4 heteroatoms. The van der Waals surface area contributed by atoms with Gasteiger partial charge in [-0.1, -0.05) is 12.5 Å². The van der Waals surface area contributed by atoms with Gasteiger partial charge in [0.2, 0.25) is 0 Å². The molecule has 1 fully saturated rings. The molecule has 0 bridgehead atoms. The summed E-state index contributed by atoms with van der Waals surface area (Å²) < 4.78 is 0. The van der Waals surface area contributed by atoms with Gasteiger partial charge in [0.05, 0.1) is 0 Å². The Morgan fingerprint density at radius 2 is 2.12 bits per heavy atom. The number of hydrogen-bond donors (Lipinski definition) is 1. The molecule has 0 aromatic carbocycles. The first-order chi connectivity index (χ1) is 2.77. The minimum Gasteiger partial charge on any atom is -0.870 e. The van der Waals surface area contributed by atoms with Crippen LogP contribution in [-0.2, 0) is 4.79 Å². The molecule has 0 radical (unpaired) electrons. The monoisotopic (exact) mass is 124 g/mol. The quantitative estimate of drug-likeness (QED) is 0.222. The van der Waals surface area contributed by atoms with Crippen molar-refractivity contribution in [3.8, 4) is 0 Å². The Morgan fingerprint density at radius 3 is 2.12 bits per heavy atom. The second-order valence-electron chi connectivity index (χ2n) is 1.79. The molecular formula is C4H7NNaO2-. The van der Waals surface area contributed by atoms with Crippen molar-refractivity contribution in [2.45, 2.75) is 12.5 Å². The van der Waals surface area contributed by atoms with E-state index in [1.54, 1.807) is 0 Å². The topological polar surface area (TPSA) is 69.0 Å². The van der Waals surface area contributed by atoms with Gasteiger partial charge in [-0.3, -0.25) is 0 Å². The van der Waals surface area contributed by atoms with Gasteiger partial charge in [0.15, 0.2) is 0 Å². The van der Waals surface area contributed by atoms with Gasteiger partial charge in [-0.2, -0.15) is 0 Å². The molecule has 1 atom stereocenters. The molecular weight excluding hydrogens is 117 g/mol. The first-order valence-corrected chi connectivity index (χ1v) is 1.91. The molecule has 1 rings (SSSR count). The van der Waals surface area contributed by atoms with Crippen molar-refractivity contribution in [1.82, 2.24) is 5.32 Å². The minimum absolute atomic E-state index is 0. The van der Waals surface area contributed by atoms with E-state index in [4.69, 9.17) is 0 Å². The van der Waals surface area contributed by atoms with Crippen LogP contribution < -0.4 is 34.9 Å². The molecule has 0 unspecified atom stereocenters. The molecule has 1 heterocycles. The van der Waals surface area contributed by atoms with Gasteiger partial charge in [0.1, 0.15) is 0 Å². The molecule has 1 saturated heterocycles. The van der Waals surface area contributed by atoms with E-state index in [0.717, 1.165) is 6.54 Å². The van der Waals surface area contributed by atoms with Gasteiger partial charge >= 0.3 is 29.6 Å². The third kappa shape index (κ3) is 2.79. The first-order valence-electron chi connectivity index (χ1n) is 1.91. The molecule has 1 aliphatic rings. The normalized spacial score (nSPS) is 31.6. The Morgan fingerprint density at radius 1 is 1.75 bits per heavy atom. The van der Waals surface area contributed by atoms with Crippen LogP contribution in [0.3, 0.4) is 0 Å². The van der Waals surface area contributed by atoms with Gasteiger partial charge in [-0.15, -0.1) is 0 Å². The molecule has 42 valence electrons. The zero-order valence-electron chi connectivity index (χ0n) is 5.06. The molecule has 0 amide bonds. The van der Waals surface area contributed by atoms with Crippen LogP contribution in [0.5, 0.6) is 0 Å². The molecule has 0 aromatic heterocycles. The van der Waals surface area contributed by atoms with Crippen LogP contribution in [0.2, 0.25) is 0 Å². The summed E-state index contributed by atoms with van der Waals surface area (Å²) in [4.78, 5) is 9.70. The van der Waals surface area contributed by atoms with E-state index in [2.05, 4.69) is 5.32 Å². The largest absolute Gasteiger partial charge is 1.00 e. The van der Waals surface area contributed by atoms with Crippen LogP contribution in [0, 0.1) is 0 Å². The summed E-state index contributed by atoms with van der Waals surface area (Å²) in [6, 6.07) is 0.